The molecule has 0 saturated heterocycles. The fourth-order valence-corrected chi connectivity index (χ4v) is 2.46. The summed E-state index contributed by atoms with van der Waals surface area (Å²) in [5.41, 5.74) is 1.12. The van der Waals surface area contributed by atoms with Crippen molar-refractivity contribution in [1.29, 1.82) is 0 Å². The van der Waals surface area contributed by atoms with Crippen molar-refractivity contribution in [3.8, 4) is 0 Å². The number of nitrogens with zero attached hydrogens (tertiary/aromatic N) is 3. The van der Waals surface area contributed by atoms with Crippen LogP contribution in [0.25, 0.3) is 0 Å². The maximum absolute atomic E-state index is 6.24. The number of hydrogen-bond donors (Lipinski definition) is 0. The molecule has 2 atom stereocenters. The molecule has 1 aliphatic rings. The molecule has 1 aliphatic carbocycles. The molecule has 2 unspecified atom stereocenters. The summed E-state index contributed by atoms with van der Waals surface area (Å²) in [6, 6.07) is 7.83. The summed E-state index contributed by atoms with van der Waals surface area (Å²) in [5, 5.41) is 4.91. The number of ether oxygens (including phenoxy) is 1. The highest BCUT2D eigenvalue weighted by atomic mass is 35.5. The standard InChI is InChI=1S/C15H18ClN3O/c1-11(12-2-3-12)20-15(8-19-10-17-9-18-19)13-4-6-14(16)7-5-13/h4-7,9-12,15H,2-3,8H2,1H3. The van der Waals surface area contributed by atoms with Gasteiger partial charge in [-0.1, -0.05) is 23.7 Å². The summed E-state index contributed by atoms with van der Waals surface area (Å²) in [7, 11) is 0. The maximum atomic E-state index is 6.24. The van der Waals surface area contributed by atoms with Crippen molar-refractivity contribution < 1.29 is 4.74 Å². The fraction of sp³-hybridized carbons (Fsp3) is 0.467. The molecule has 0 amide bonds. The zero-order chi connectivity index (χ0) is 13.9. The Kier molecular flexibility index (Phi) is 4.03. The largest absolute Gasteiger partial charge is 0.368 e. The molecule has 0 spiro atoms. The zero-order valence-corrected chi connectivity index (χ0v) is 12.2. The van der Waals surface area contributed by atoms with E-state index in [2.05, 4.69) is 17.0 Å². The van der Waals surface area contributed by atoms with E-state index in [1.165, 1.54) is 12.8 Å². The number of benzene rings is 1. The van der Waals surface area contributed by atoms with E-state index in [0.29, 0.717) is 12.5 Å². The van der Waals surface area contributed by atoms with Crippen molar-refractivity contribution in [3.05, 3.63) is 47.5 Å². The molecule has 1 saturated carbocycles. The third-order valence-corrected chi connectivity index (χ3v) is 3.98. The highest BCUT2D eigenvalue weighted by Crippen LogP contribution is 2.36. The van der Waals surface area contributed by atoms with Crippen LogP contribution in [0, 0.1) is 5.92 Å². The van der Waals surface area contributed by atoms with Crippen LogP contribution in [0.5, 0.6) is 0 Å². The van der Waals surface area contributed by atoms with Crippen LogP contribution < -0.4 is 0 Å². The van der Waals surface area contributed by atoms with Crippen molar-refractivity contribution >= 4 is 11.6 Å². The average molecular weight is 292 g/mol. The molecule has 3 rings (SSSR count). The first kappa shape index (κ1) is 13.6. The molecule has 20 heavy (non-hydrogen) atoms. The van der Waals surface area contributed by atoms with Crippen LogP contribution in [0.3, 0.4) is 0 Å². The molecule has 5 heteroatoms. The molecule has 4 nitrogen and oxygen atoms in total. The van der Waals surface area contributed by atoms with Crippen molar-refractivity contribution in [3.63, 3.8) is 0 Å². The van der Waals surface area contributed by atoms with Crippen molar-refractivity contribution in [2.75, 3.05) is 0 Å². The first-order chi connectivity index (χ1) is 9.72. The summed E-state index contributed by atoms with van der Waals surface area (Å²) in [6.45, 7) is 2.82. The Labute approximate surface area is 123 Å². The van der Waals surface area contributed by atoms with Crippen LogP contribution in [0.4, 0.5) is 0 Å². The van der Waals surface area contributed by atoms with Gasteiger partial charge in [-0.25, -0.2) is 4.98 Å². The van der Waals surface area contributed by atoms with Crippen LogP contribution in [-0.2, 0) is 11.3 Å². The van der Waals surface area contributed by atoms with Gasteiger partial charge in [-0.15, -0.1) is 0 Å². The Morgan fingerprint density at radius 1 is 1.35 bits per heavy atom. The van der Waals surface area contributed by atoms with Gasteiger partial charge in [0.15, 0.2) is 0 Å². The second-order valence-electron chi connectivity index (χ2n) is 5.34. The quantitative estimate of drug-likeness (QED) is 0.818. The van der Waals surface area contributed by atoms with E-state index in [0.717, 1.165) is 10.6 Å². The Bertz CT molecular complexity index is 537. The predicted octanol–water partition coefficient (Wildman–Crippen LogP) is 3.49. The second-order valence-corrected chi connectivity index (χ2v) is 5.77. The molecule has 1 heterocycles. The maximum Gasteiger partial charge on any atom is 0.137 e. The van der Waals surface area contributed by atoms with Crippen molar-refractivity contribution in [1.82, 2.24) is 14.8 Å². The van der Waals surface area contributed by atoms with Gasteiger partial charge < -0.3 is 4.74 Å². The Hall–Kier alpha value is -1.39. The van der Waals surface area contributed by atoms with Crippen molar-refractivity contribution in [2.24, 2.45) is 5.92 Å². The summed E-state index contributed by atoms with van der Waals surface area (Å²) in [5.74, 6) is 0.709. The minimum Gasteiger partial charge on any atom is -0.368 e. The predicted molar refractivity (Wildman–Crippen MR) is 77.5 cm³/mol. The monoisotopic (exact) mass is 291 g/mol. The van der Waals surface area contributed by atoms with E-state index >= 15 is 0 Å². The van der Waals surface area contributed by atoms with Gasteiger partial charge in [0.2, 0.25) is 0 Å². The Balaban J connectivity index is 1.76. The van der Waals surface area contributed by atoms with Gasteiger partial charge in [0, 0.05) is 5.02 Å². The summed E-state index contributed by atoms with van der Waals surface area (Å²) >= 11 is 5.96. The highest BCUT2D eigenvalue weighted by molar-refractivity contribution is 6.30. The molecule has 0 bridgehead atoms. The van der Waals surface area contributed by atoms with Crippen LogP contribution in [-0.4, -0.2) is 20.9 Å². The lowest BCUT2D eigenvalue weighted by Gasteiger charge is -2.23. The molecule has 1 fully saturated rings. The third-order valence-electron chi connectivity index (χ3n) is 3.73. The molecule has 0 N–H and O–H groups in total. The van der Waals surface area contributed by atoms with Gasteiger partial charge in [0.1, 0.15) is 18.8 Å². The zero-order valence-electron chi connectivity index (χ0n) is 11.4. The van der Waals surface area contributed by atoms with Gasteiger partial charge >= 0.3 is 0 Å². The molecule has 0 radical (unpaired) electrons. The van der Waals surface area contributed by atoms with E-state index in [4.69, 9.17) is 16.3 Å². The topological polar surface area (TPSA) is 39.9 Å². The van der Waals surface area contributed by atoms with Gasteiger partial charge in [0.05, 0.1) is 12.6 Å². The first-order valence-electron chi connectivity index (χ1n) is 6.95. The lowest BCUT2D eigenvalue weighted by molar-refractivity contribution is -0.0252. The number of aromatic nitrogens is 3. The normalized spacial score (nSPS) is 17.9. The number of hydrogen-bond acceptors (Lipinski definition) is 3. The molecular weight excluding hydrogens is 274 g/mol. The number of rotatable bonds is 6. The van der Waals surface area contributed by atoms with Crippen LogP contribution in [0.2, 0.25) is 5.02 Å². The summed E-state index contributed by atoms with van der Waals surface area (Å²) in [4.78, 5) is 3.98. The average Bonchev–Trinajstić information content (AvgIpc) is 3.18. The number of halogens is 1. The molecule has 0 aliphatic heterocycles. The van der Waals surface area contributed by atoms with E-state index in [1.807, 2.05) is 24.3 Å². The van der Waals surface area contributed by atoms with E-state index in [9.17, 15) is 0 Å². The minimum absolute atomic E-state index is 0.0235. The first-order valence-corrected chi connectivity index (χ1v) is 7.33. The van der Waals surface area contributed by atoms with Crippen LogP contribution in [0.1, 0.15) is 31.4 Å². The summed E-state index contributed by atoms with van der Waals surface area (Å²) in [6.07, 6.45) is 6.07. The summed E-state index contributed by atoms with van der Waals surface area (Å²) < 4.78 is 8.05. The smallest absolute Gasteiger partial charge is 0.137 e. The third kappa shape index (κ3) is 3.38. The van der Waals surface area contributed by atoms with Crippen LogP contribution >= 0.6 is 11.6 Å². The van der Waals surface area contributed by atoms with Crippen LogP contribution in [0.15, 0.2) is 36.9 Å². The Morgan fingerprint density at radius 3 is 2.70 bits per heavy atom. The lowest BCUT2D eigenvalue weighted by atomic mass is 10.1. The molecular formula is C15H18ClN3O. The highest BCUT2D eigenvalue weighted by Gasteiger charge is 2.31. The van der Waals surface area contributed by atoms with Gasteiger partial charge in [-0.05, 0) is 43.4 Å². The van der Waals surface area contributed by atoms with Gasteiger partial charge in [0.25, 0.3) is 0 Å². The van der Waals surface area contributed by atoms with Crippen molar-refractivity contribution in [2.45, 2.75) is 38.5 Å². The lowest BCUT2D eigenvalue weighted by Crippen LogP contribution is -2.20. The molecule has 1 aromatic heterocycles. The molecule has 1 aromatic carbocycles. The van der Waals surface area contributed by atoms with Gasteiger partial charge in [-0.2, -0.15) is 5.10 Å². The van der Waals surface area contributed by atoms with Gasteiger partial charge in [-0.3, -0.25) is 4.68 Å². The SMILES string of the molecule is CC(OC(Cn1cncn1)c1ccc(Cl)cc1)C1CC1. The Morgan fingerprint density at radius 2 is 2.10 bits per heavy atom. The van der Waals surface area contributed by atoms with E-state index < -0.39 is 0 Å². The molecule has 106 valence electrons. The fourth-order valence-electron chi connectivity index (χ4n) is 2.34. The minimum atomic E-state index is -0.0235. The second kappa shape index (κ2) is 5.94. The molecule has 2 aromatic rings. The van der Waals surface area contributed by atoms with E-state index in [-0.39, 0.29) is 12.2 Å². The van der Waals surface area contributed by atoms with E-state index in [1.54, 1.807) is 17.3 Å².